The van der Waals surface area contributed by atoms with Gasteiger partial charge in [0.1, 0.15) is 5.82 Å². The van der Waals surface area contributed by atoms with Crippen molar-refractivity contribution in [3.05, 3.63) is 64.7 Å². The fourth-order valence-corrected chi connectivity index (χ4v) is 3.97. The van der Waals surface area contributed by atoms with Crippen LogP contribution >= 0.6 is 0 Å². The van der Waals surface area contributed by atoms with Gasteiger partial charge in [-0.25, -0.2) is 13.4 Å². The zero-order valence-electron chi connectivity index (χ0n) is 16.5. The largest absolute Gasteiger partial charge is 0.324 e. The van der Waals surface area contributed by atoms with Crippen LogP contribution in [0.5, 0.6) is 0 Å². The van der Waals surface area contributed by atoms with Gasteiger partial charge in [-0.1, -0.05) is 24.3 Å². The van der Waals surface area contributed by atoms with Gasteiger partial charge < -0.3 is 5.32 Å². The van der Waals surface area contributed by atoms with E-state index in [4.69, 9.17) is 0 Å². The number of anilines is 2. The maximum Gasteiger partial charge on any atom is 0.261 e. The zero-order chi connectivity index (χ0) is 21.3. The van der Waals surface area contributed by atoms with Crippen LogP contribution in [0.4, 0.5) is 11.4 Å². The molecule has 2 aromatic carbocycles. The summed E-state index contributed by atoms with van der Waals surface area (Å²) in [6.45, 7) is 0. The Bertz CT molecular complexity index is 1280. The van der Waals surface area contributed by atoms with Crippen LogP contribution in [0, 0.1) is 0 Å². The van der Waals surface area contributed by atoms with Crippen LogP contribution in [-0.2, 0) is 21.2 Å². The smallest absolute Gasteiger partial charge is 0.261 e. The number of carbonyl (C=O) groups is 1. The number of benzene rings is 2. The van der Waals surface area contributed by atoms with E-state index in [0.29, 0.717) is 34.5 Å². The minimum atomic E-state index is -3.47. The first kappa shape index (κ1) is 20.1. The lowest BCUT2D eigenvalue weighted by Gasteiger charge is -2.14. The van der Waals surface area contributed by atoms with E-state index >= 15 is 0 Å². The maximum atomic E-state index is 12.9. The van der Waals surface area contributed by atoms with Crippen molar-refractivity contribution in [3.63, 3.8) is 0 Å². The van der Waals surface area contributed by atoms with Crippen LogP contribution < -0.4 is 15.6 Å². The summed E-state index contributed by atoms with van der Waals surface area (Å²) in [5.74, 6) is 0.307. The zero-order valence-corrected chi connectivity index (χ0v) is 17.3. The van der Waals surface area contributed by atoms with E-state index in [2.05, 4.69) is 15.0 Å². The number of carbonyl (C=O) groups excluding carboxylic acids is 1. The van der Waals surface area contributed by atoms with Crippen molar-refractivity contribution in [3.8, 4) is 0 Å². The van der Waals surface area contributed by atoms with Crippen LogP contribution in [0.25, 0.3) is 10.9 Å². The van der Waals surface area contributed by atoms with Crippen LogP contribution in [-0.4, -0.2) is 30.1 Å². The molecule has 0 saturated heterocycles. The van der Waals surface area contributed by atoms with Crippen LogP contribution in [0.1, 0.15) is 31.1 Å². The lowest BCUT2D eigenvalue weighted by atomic mass is 10.2. The molecule has 0 radical (unpaired) electrons. The first-order valence-electron chi connectivity index (χ1n) is 9.68. The first-order chi connectivity index (χ1) is 14.3. The van der Waals surface area contributed by atoms with E-state index in [-0.39, 0.29) is 23.9 Å². The number of aryl methyl sites for hydroxylation is 1. The van der Waals surface area contributed by atoms with E-state index in [1.807, 2.05) is 12.1 Å². The molecule has 30 heavy (non-hydrogen) atoms. The Hall–Kier alpha value is -3.20. The van der Waals surface area contributed by atoms with Gasteiger partial charge in [-0.3, -0.25) is 18.9 Å². The molecule has 4 rings (SSSR count). The van der Waals surface area contributed by atoms with Gasteiger partial charge in [-0.15, -0.1) is 0 Å². The number of rotatable bonds is 7. The molecule has 1 aliphatic rings. The Kier molecular flexibility index (Phi) is 5.29. The Morgan fingerprint density at radius 3 is 2.47 bits per heavy atom. The monoisotopic (exact) mass is 426 g/mol. The van der Waals surface area contributed by atoms with Crippen LogP contribution in [0.3, 0.4) is 0 Å². The summed E-state index contributed by atoms with van der Waals surface area (Å²) in [6.07, 6.45) is 3.34. The predicted octanol–water partition coefficient (Wildman–Crippen LogP) is 2.67. The summed E-state index contributed by atoms with van der Waals surface area (Å²) in [5.41, 5.74) is 1.23. The van der Waals surface area contributed by atoms with Crippen molar-refractivity contribution in [2.75, 3.05) is 16.3 Å². The number of hydrogen-bond donors (Lipinski definition) is 2. The van der Waals surface area contributed by atoms with Crippen molar-refractivity contribution < 1.29 is 13.2 Å². The molecule has 1 amide bonds. The Morgan fingerprint density at radius 2 is 1.77 bits per heavy atom. The molecule has 0 spiro atoms. The SMILES string of the molecule is CS(=O)(=O)Nc1ccccc1NC(=O)CCc1nc2ccccc2c(=O)n1C1CC1. The highest BCUT2D eigenvalue weighted by molar-refractivity contribution is 7.92. The summed E-state index contributed by atoms with van der Waals surface area (Å²) < 4.78 is 27.2. The third-order valence-corrected chi connectivity index (χ3v) is 5.46. The number of fused-ring (bicyclic) bond motifs is 1. The average Bonchev–Trinajstić information content (AvgIpc) is 3.52. The van der Waals surface area contributed by atoms with Gasteiger partial charge in [0.25, 0.3) is 5.56 Å². The van der Waals surface area contributed by atoms with Crippen LogP contribution in [0.15, 0.2) is 53.3 Å². The molecular formula is C21H22N4O4S. The second-order valence-corrected chi connectivity index (χ2v) is 9.17. The quantitative estimate of drug-likeness (QED) is 0.604. The molecule has 3 aromatic rings. The van der Waals surface area contributed by atoms with Crippen molar-refractivity contribution >= 4 is 38.2 Å². The third kappa shape index (κ3) is 4.51. The standard InChI is InChI=1S/C21H22N4O4S/c1-30(28,29)24-18-9-5-4-8-17(18)23-20(26)13-12-19-22-16-7-3-2-6-15(16)21(27)25(19)14-10-11-14/h2-9,14,24H,10-13H2,1H3,(H,23,26). The molecule has 0 aliphatic heterocycles. The second kappa shape index (κ2) is 7.91. The molecule has 1 fully saturated rings. The number of para-hydroxylation sites is 3. The Labute approximate surface area is 174 Å². The number of nitrogens with one attached hydrogen (secondary N) is 2. The predicted molar refractivity (Wildman–Crippen MR) is 116 cm³/mol. The minimum absolute atomic E-state index is 0.0683. The van der Waals surface area contributed by atoms with E-state index in [0.717, 1.165) is 19.1 Å². The van der Waals surface area contributed by atoms with Gasteiger partial charge in [-0.2, -0.15) is 0 Å². The van der Waals surface area contributed by atoms with E-state index in [1.165, 1.54) is 0 Å². The van der Waals surface area contributed by atoms with Gasteiger partial charge in [0.15, 0.2) is 0 Å². The molecule has 156 valence electrons. The lowest BCUT2D eigenvalue weighted by molar-refractivity contribution is -0.116. The number of sulfonamides is 1. The molecule has 0 atom stereocenters. The molecule has 9 heteroatoms. The van der Waals surface area contributed by atoms with Gasteiger partial charge in [0.2, 0.25) is 15.9 Å². The number of aromatic nitrogens is 2. The molecule has 0 unspecified atom stereocenters. The average molecular weight is 426 g/mol. The van der Waals surface area contributed by atoms with Crippen LogP contribution in [0.2, 0.25) is 0 Å². The van der Waals surface area contributed by atoms with Crippen molar-refractivity contribution in [1.82, 2.24) is 9.55 Å². The molecule has 1 heterocycles. The van der Waals surface area contributed by atoms with Gasteiger partial charge in [0, 0.05) is 18.9 Å². The van der Waals surface area contributed by atoms with Gasteiger partial charge in [-0.05, 0) is 37.1 Å². The maximum absolute atomic E-state index is 12.9. The fourth-order valence-electron chi connectivity index (χ4n) is 3.40. The highest BCUT2D eigenvalue weighted by Crippen LogP contribution is 2.35. The lowest BCUT2D eigenvalue weighted by Crippen LogP contribution is -2.25. The summed E-state index contributed by atoms with van der Waals surface area (Å²) in [5, 5.41) is 3.32. The summed E-state index contributed by atoms with van der Waals surface area (Å²) in [4.78, 5) is 30.1. The van der Waals surface area contributed by atoms with Gasteiger partial charge in [0.05, 0.1) is 28.5 Å². The number of amides is 1. The third-order valence-electron chi connectivity index (χ3n) is 4.87. The summed E-state index contributed by atoms with van der Waals surface area (Å²) in [6, 6.07) is 13.9. The Balaban J connectivity index is 1.53. The second-order valence-electron chi connectivity index (χ2n) is 7.42. The molecule has 2 N–H and O–H groups in total. The summed E-state index contributed by atoms with van der Waals surface area (Å²) in [7, 11) is -3.47. The Morgan fingerprint density at radius 1 is 1.10 bits per heavy atom. The normalized spacial score (nSPS) is 13.9. The number of hydrogen-bond acceptors (Lipinski definition) is 5. The highest BCUT2D eigenvalue weighted by Gasteiger charge is 2.28. The van der Waals surface area contributed by atoms with Crippen molar-refractivity contribution in [2.24, 2.45) is 0 Å². The molecule has 8 nitrogen and oxygen atoms in total. The van der Waals surface area contributed by atoms with E-state index < -0.39 is 10.0 Å². The van der Waals surface area contributed by atoms with E-state index in [1.54, 1.807) is 41.0 Å². The minimum Gasteiger partial charge on any atom is -0.324 e. The highest BCUT2D eigenvalue weighted by atomic mass is 32.2. The van der Waals surface area contributed by atoms with Gasteiger partial charge >= 0.3 is 0 Å². The summed E-state index contributed by atoms with van der Waals surface area (Å²) >= 11 is 0. The molecule has 1 saturated carbocycles. The molecule has 0 bridgehead atoms. The topological polar surface area (TPSA) is 110 Å². The molecular weight excluding hydrogens is 404 g/mol. The molecule has 1 aliphatic carbocycles. The van der Waals surface area contributed by atoms with E-state index in [9.17, 15) is 18.0 Å². The molecule has 1 aromatic heterocycles. The van der Waals surface area contributed by atoms with Crippen molar-refractivity contribution in [1.29, 1.82) is 0 Å². The first-order valence-corrected chi connectivity index (χ1v) is 11.6. The van der Waals surface area contributed by atoms with Crippen molar-refractivity contribution in [2.45, 2.75) is 31.7 Å². The number of nitrogens with zero attached hydrogens (tertiary/aromatic N) is 2. The fraction of sp³-hybridized carbons (Fsp3) is 0.286.